The van der Waals surface area contributed by atoms with Crippen LogP contribution in [-0.2, 0) is 17.2 Å². The van der Waals surface area contributed by atoms with E-state index < -0.39 is 33.5 Å². The Labute approximate surface area is 154 Å². The van der Waals surface area contributed by atoms with E-state index in [1.807, 2.05) is 20.8 Å². The summed E-state index contributed by atoms with van der Waals surface area (Å²) < 4.78 is 58.7. The van der Waals surface area contributed by atoms with E-state index in [4.69, 9.17) is 4.74 Å². The Balaban J connectivity index is 2.40. The molecule has 0 aliphatic rings. The number of methoxy groups -OCH3 is 1. The van der Waals surface area contributed by atoms with Crippen LogP contribution in [0.25, 0.3) is 0 Å². The van der Waals surface area contributed by atoms with E-state index in [0.29, 0.717) is 11.3 Å². The summed E-state index contributed by atoms with van der Waals surface area (Å²) in [5.41, 5.74) is 0.663. The smallest absolute Gasteiger partial charge is 0.416 e. The van der Waals surface area contributed by atoms with Gasteiger partial charge < -0.3 is 4.74 Å². The van der Waals surface area contributed by atoms with Crippen LogP contribution >= 0.6 is 0 Å². The maximum atomic E-state index is 12.8. The average Bonchev–Trinajstić information content (AvgIpc) is 2.58. The van der Waals surface area contributed by atoms with E-state index in [2.05, 4.69) is 4.72 Å². The van der Waals surface area contributed by atoms with Gasteiger partial charge in [-0.2, -0.15) is 13.2 Å². The van der Waals surface area contributed by atoms with Gasteiger partial charge in [0.05, 0.1) is 34.4 Å². The van der Waals surface area contributed by atoms with Gasteiger partial charge >= 0.3 is 6.18 Å². The first-order chi connectivity index (χ1) is 12.0. The first-order valence-corrected chi connectivity index (χ1v) is 9.16. The number of rotatable bonds is 5. The molecule has 0 aromatic heterocycles. The topological polar surface area (TPSA) is 38.3 Å². The van der Waals surface area contributed by atoms with Gasteiger partial charge in [0.15, 0.2) is 0 Å². The molecule has 0 spiro atoms. The zero-order chi connectivity index (χ0) is 19.5. The lowest BCUT2D eigenvalue weighted by atomic mass is 9.98. The van der Waals surface area contributed by atoms with Gasteiger partial charge in [0, 0.05) is 0 Å². The molecule has 0 aliphatic carbocycles. The second kappa shape index (κ2) is 7.80. The molecule has 0 bridgehead atoms. The monoisotopic (exact) mass is 385 g/mol. The fourth-order valence-corrected chi connectivity index (χ4v) is 3.11. The van der Waals surface area contributed by atoms with Crippen molar-refractivity contribution in [1.29, 1.82) is 0 Å². The van der Waals surface area contributed by atoms with Crippen molar-refractivity contribution in [3.05, 3.63) is 65.2 Å². The molecule has 0 radical (unpaired) electrons. The molecule has 2 aromatic carbocycles. The second-order valence-electron chi connectivity index (χ2n) is 6.82. The van der Waals surface area contributed by atoms with Crippen LogP contribution in [0.4, 0.5) is 13.2 Å². The molecule has 2 aromatic rings. The van der Waals surface area contributed by atoms with Crippen LogP contribution in [0.3, 0.4) is 0 Å². The lowest BCUT2D eigenvalue weighted by Crippen LogP contribution is -2.36. The number of alkyl halides is 3. The summed E-state index contributed by atoms with van der Waals surface area (Å²) in [4.78, 5) is 0. The van der Waals surface area contributed by atoms with Crippen LogP contribution < -0.4 is 9.46 Å². The lowest BCUT2D eigenvalue weighted by molar-refractivity contribution is -0.137. The highest BCUT2D eigenvalue weighted by atomic mass is 32.2. The van der Waals surface area contributed by atoms with Gasteiger partial charge in [-0.05, 0) is 56.2 Å². The van der Waals surface area contributed by atoms with E-state index in [-0.39, 0.29) is 0 Å². The molecule has 0 amide bonds. The standard InChI is InChI=1S/C19H22F3NO2S/c1-18(2,3)26(24)23-17(14-7-11-16(25-4)12-8-14)13-5-9-15(10-6-13)19(20,21)22/h5-12,17,23H,1-4H3/t17-,26?/m1/s1. The molecule has 7 heteroatoms. The second-order valence-corrected chi connectivity index (χ2v) is 8.82. The number of halogens is 3. The Bertz CT molecular complexity index is 750. The van der Waals surface area contributed by atoms with Crippen LogP contribution in [0.1, 0.15) is 43.5 Å². The van der Waals surface area contributed by atoms with Crippen molar-refractivity contribution in [2.45, 2.75) is 37.7 Å². The Hall–Kier alpha value is -1.86. The van der Waals surface area contributed by atoms with Gasteiger partial charge in [-0.25, -0.2) is 8.93 Å². The number of hydrogen-bond acceptors (Lipinski definition) is 2. The minimum absolute atomic E-state index is 0.511. The van der Waals surface area contributed by atoms with Gasteiger partial charge in [0.2, 0.25) is 0 Å². The third-order valence-corrected chi connectivity index (χ3v) is 5.36. The fourth-order valence-electron chi connectivity index (χ4n) is 2.27. The van der Waals surface area contributed by atoms with Gasteiger partial charge in [-0.3, -0.25) is 0 Å². The highest BCUT2D eigenvalue weighted by Gasteiger charge is 2.31. The highest BCUT2D eigenvalue weighted by molar-refractivity contribution is 7.84. The van der Waals surface area contributed by atoms with Crippen molar-refractivity contribution in [3.63, 3.8) is 0 Å². The van der Waals surface area contributed by atoms with E-state index in [1.165, 1.54) is 12.1 Å². The van der Waals surface area contributed by atoms with Crippen molar-refractivity contribution in [2.24, 2.45) is 0 Å². The fraction of sp³-hybridized carbons (Fsp3) is 0.368. The number of benzene rings is 2. The van der Waals surface area contributed by atoms with Crippen LogP contribution in [0.5, 0.6) is 5.75 Å². The maximum absolute atomic E-state index is 12.8. The summed E-state index contributed by atoms with van der Waals surface area (Å²) in [6.07, 6.45) is -4.39. The van der Waals surface area contributed by atoms with Crippen LogP contribution in [-0.4, -0.2) is 16.1 Å². The molecule has 0 saturated heterocycles. The van der Waals surface area contributed by atoms with E-state index in [1.54, 1.807) is 31.4 Å². The van der Waals surface area contributed by atoms with Gasteiger partial charge in [-0.1, -0.05) is 24.3 Å². The van der Waals surface area contributed by atoms with Crippen LogP contribution in [0.15, 0.2) is 48.5 Å². The summed E-state index contributed by atoms with van der Waals surface area (Å²) in [7, 11) is 0.149. The van der Waals surface area contributed by atoms with Crippen molar-refractivity contribution in [3.8, 4) is 5.75 Å². The largest absolute Gasteiger partial charge is 0.497 e. The zero-order valence-corrected chi connectivity index (χ0v) is 15.9. The van der Waals surface area contributed by atoms with Gasteiger partial charge in [0.25, 0.3) is 0 Å². The molecule has 0 saturated carbocycles. The molecule has 0 aliphatic heterocycles. The summed E-state index contributed by atoms with van der Waals surface area (Å²) in [5, 5.41) is 0. The molecule has 2 rings (SSSR count). The molecule has 0 heterocycles. The molecule has 26 heavy (non-hydrogen) atoms. The van der Waals surface area contributed by atoms with Crippen molar-refractivity contribution in [2.75, 3.05) is 7.11 Å². The lowest BCUT2D eigenvalue weighted by Gasteiger charge is -2.25. The van der Waals surface area contributed by atoms with Crippen molar-refractivity contribution >= 4 is 11.0 Å². The summed E-state index contributed by atoms with van der Waals surface area (Å²) >= 11 is 0. The predicted octanol–water partition coefficient (Wildman–Crippen LogP) is 4.86. The molecule has 3 nitrogen and oxygen atoms in total. The van der Waals surface area contributed by atoms with E-state index in [0.717, 1.165) is 17.7 Å². The SMILES string of the molecule is COc1ccc([C@H](NS(=O)C(C)(C)C)c2ccc(C(F)(F)F)cc2)cc1. The zero-order valence-electron chi connectivity index (χ0n) is 15.1. The van der Waals surface area contributed by atoms with E-state index in [9.17, 15) is 17.4 Å². The first kappa shape index (κ1) is 20.5. The third-order valence-electron chi connectivity index (χ3n) is 3.80. The van der Waals surface area contributed by atoms with Crippen molar-refractivity contribution in [1.82, 2.24) is 4.72 Å². The summed E-state index contributed by atoms with van der Waals surface area (Å²) in [6, 6.07) is 11.5. The van der Waals surface area contributed by atoms with Crippen molar-refractivity contribution < 1.29 is 22.1 Å². The van der Waals surface area contributed by atoms with Crippen LogP contribution in [0, 0.1) is 0 Å². The minimum Gasteiger partial charge on any atom is -0.497 e. The maximum Gasteiger partial charge on any atom is 0.416 e. The molecule has 0 fully saturated rings. The average molecular weight is 385 g/mol. The summed E-state index contributed by atoms with van der Waals surface area (Å²) in [5.74, 6) is 0.664. The molecule has 2 atom stereocenters. The molecule has 1 N–H and O–H groups in total. The number of ether oxygens (including phenoxy) is 1. The Morgan fingerprint density at radius 1 is 0.923 bits per heavy atom. The van der Waals surface area contributed by atoms with Crippen LogP contribution in [0.2, 0.25) is 0 Å². The number of nitrogens with one attached hydrogen (secondary N) is 1. The Morgan fingerprint density at radius 2 is 1.38 bits per heavy atom. The molecule has 142 valence electrons. The third kappa shape index (κ3) is 5.08. The van der Waals surface area contributed by atoms with E-state index >= 15 is 0 Å². The Kier molecular flexibility index (Phi) is 6.13. The number of hydrogen-bond donors (Lipinski definition) is 1. The summed E-state index contributed by atoms with van der Waals surface area (Å²) in [6.45, 7) is 5.48. The molecular weight excluding hydrogens is 363 g/mol. The first-order valence-electron chi connectivity index (χ1n) is 8.01. The minimum atomic E-state index is -4.39. The highest BCUT2D eigenvalue weighted by Crippen LogP contribution is 2.32. The normalized spacial score (nSPS) is 14.7. The Morgan fingerprint density at radius 3 is 1.77 bits per heavy atom. The van der Waals surface area contributed by atoms with Gasteiger partial charge in [-0.15, -0.1) is 0 Å². The molecule has 1 unspecified atom stereocenters. The molecular formula is C19H22F3NO2S. The van der Waals surface area contributed by atoms with Gasteiger partial charge in [0.1, 0.15) is 5.75 Å². The predicted molar refractivity (Wildman–Crippen MR) is 97.3 cm³/mol. The quantitative estimate of drug-likeness (QED) is 0.799.